The Morgan fingerprint density at radius 2 is 2.25 bits per heavy atom. The maximum absolute atomic E-state index is 10.4. The second kappa shape index (κ2) is 4.02. The molecule has 0 bridgehead atoms. The quantitative estimate of drug-likeness (QED) is 0.786. The zero-order chi connectivity index (χ0) is 11.7. The molecule has 3 nitrogen and oxygen atoms in total. The number of carbonyl (C=O) groups is 1. The maximum Gasteiger partial charge on any atom is 0.328 e. The average Bonchev–Trinajstić information content (AvgIpc) is 2.64. The Bertz CT molecular complexity index is 584. The minimum Gasteiger partial charge on any atom is -0.478 e. The first-order chi connectivity index (χ1) is 7.58. The number of aromatic amines is 1. The molecule has 0 saturated heterocycles. The van der Waals surface area contributed by atoms with Crippen LogP contribution in [0.5, 0.6) is 0 Å². The molecular weight excluding hydrogens is 226 g/mol. The summed E-state index contributed by atoms with van der Waals surface area (Å²) in [6.45, 7) is 1.92. The predicted molar refractivity (Wildman–Crippen MR) is 64.7 cm³/mol. The van der Waals surface area contributed by atoms with Crippen molar-refractivity contribution in [3.63, 3.8) is 0 Å². The van der Waals surface area contributed by atoms with Gasteiger partial charge in [0.05, 0.1) is 5.52 Å². The minimum atomic E-state index is -0.964. The summed E-state index contributed by atoms with van der Waals surface area (Å²) in [6, 6.07) is 5.62. The first-order valence-electron chi connectivity index (χ1n) is 4.77. The highest BCUT2D eigenvalue weighted by Crippen LogP contribution is 2.25. The average molecular weight is 236 g/mol. The fourth-order valence-corrected chi connectivity index (χ4v) is 1.75. The molecule has 2 aromatic rings. The van der Waals surface area contributed by atoms with Gasteiger partial charge in [-0.05, 0) is 30.7 Å². The standard InChI is InChI=1S/C12H10ClNO2/c1-7-10(13)4-2-8-6-9(14-12(7)8)3-5-11(15)16/h2-6,14H,1H3,(H,15,16)/b5-3+. The number of carboxylic acid groups (broad SMARTS) is 1. The number of aliphatic carboxylic acids is 1. The van der Waals surface area contributed by atoms with Crippen LogP contribution >= 0.6 is 11.6 Å². The summed E-state index contributed by atoms with van der Waals surface area (Å²) in [5.74, 6) is -0.964. The number of aromatic nitrogens is 1. The van der Waals surface area contributed by atoms with Crippen molar-refractivity contribution in [2.24, 2.45) is 0 Å². The van der Waals surface area contributed by atoms with Gasteiger partial charge in [-0.15, -0.1) is 0 Å². The summed E-state index contributed by atoms with van der Waals surface area (Å²) in [7, 11) is 0. The second-order valence-corrected chi connectivity index (χ2v) is 3.94. The lowest BCUT2D eigenvalue weighted by atomic mass is 10.2. The van der Waals surface area contributed by atoms with E-state index in [0.29, 0.717) is 5.02 Å². The molecule has 16 heavy (non-hydrogen) atoms. The van der Waals surface area contributed by atoms with E-state index in [1.54, 1.807) is 0 Å². The van der Waals surface area contributed by atoms with Crippen molar-refractivity contribution in [2.75, 3.05) is 0 Å². The number of halogens is 1. The first-order valence-corrected chi connectivity index (χ1v) is 5.14. The van der Waals surface area contributed by atoms with E-state index in [4.69, 9.17) is 16.7 Å². The second-order valence-electron chi connectivity index (χ2n) is 3.53. The van der Waals surface area contributed by atoms with Gasteiger partial charge in [0.25, 0.3) is 0 Å². The molecule has 0 aliphatic heterocycles. The summed E-state index contributed by atoms with van der Waals surface area (Å²) in [4.78, 5) is 13.5. The molecule has 0 aliphatic rings. The number of rotatable bonds is 2. The molecular formula is C12H10ClNO2. The lowest BCUT2D eigenvalue weighted by molar-refractivity contribution is -0.131. The van der Waals surface area contributed by atoms with E-state index in [1.165, 1.54) is 6.08 Å². The monoisotopic (exact) mass is 235 g/mol. The molecule has 0 fully saturated rings. The smallest absolute Gasteiger partial charge is 0.328 e. The summed E-state index contributed by atoms with van der Waals surface area (Å²) in [5.41, 5.74) is 2.66. The number of hydrogen-bond acceptors (Lipinski definition) is 1. The highest BCUT2D eigenvalue weighted by atomic mass is 35.5. The molecule has 1 heterocycles. The Hall–Kier alpha value is -1.74. The van der Waals surface area contributed by atoms with Crippen LogP contribution in [0.2, 0.25) is 5.02 Å². The molecule has 0 spiro atoms. The van der Waals surface area contributed by atoms with E-state index >= 15 is 0 Å². The number of carboxylic acids is 1. The van der Waals surface area contributed by atoms with Gasteiger partial charge in [-0.1, -0.05) is 17.7 Å². The van der Waals surface area contributed by atoms with Gasteiger partial charge in [-0.25, -0.2) is 4.79 Å². The van der Waals surface area contributed by atoms with Crippen LogP contribution in [0.15, 0.2) is 24.3 Å². The SMILES string of the molecule is Cc1c(Cl)ccc2cc(/C=C/C(=O)O)[nH]c12. The summed E-state index contributed by atoms with van der Waals surface area (Å²) in [6.07, 6.45) is 2.62. The minimum absolute atomic E-state index is 0.697. The molecule has 0 amide bonds. The topological polar surface area (TPSA) is 53.1 Å². The van der Waals surface area contributed by atoms with Gasteiger partial charge >= 0.3 is 5.97 Å². The van der Waals surface area contributed by atoms with Crippen LogP contribution in [-0.2, 0) is 4.79 Å². The Balaban J connectivity index is 2.52. The van der Waals surface area contributed by atoms with Crippen molar-refractivity contribution in [2.45, 2.75) is 6.92 Å². The predicted octanol–water partition coefficient (Wildman–Crippen LogP) is 3.23. The van der Waals surface area contributed by atoms with Crippen molar-refractivity contribution < 1.29 is 9.90 Å². The van der Waals surface area contributed by atoms with Crippen LogP contribution in [0, 0.1) is 6.92 Å². The molecule has 0 radical (unpaired) electrons. The lowest BCUT2D eigenvalue weighted by Crippen LogP contribution is -1.85. The Kier molecular flexibility index (Phi) is 2.71. The molecule has 1 aromatic carbocycles. The number of hydrogen-bond donors (Lipinski definition) is 2. The molecule has 0 unspecified atom stereocenters. The molecule has 82 valence electrons. The zero-order valence-corrected chi connectivity index (χ0v) is 9.38. The Morgan fingerprint density at radius 1 is 1.50 bits per heavy atom. The number of aryl methyl sites for hydroxylation is 1. The Morgan fingerprint density at radius 3 is 2.94 bits per heavy atom. The van der Waals surface area contributed by atoms with Gasteiger partial charge in [-0.3, -0.25) is 0 Å². The van der Waals surface area contributed by atoms with Gasteiger partial charge in [0.1, 0.15) is 0 Å². The van der Waals surface area contributed by atoms with Gasteiger partial charge in [0, 0.05) is 22.2 Å². The fraction of sp³-hybridized carbons (Fsp3) is 0.0833. The van der Waals surface area contributed by atoms with Crippen molar-refractivity contribution in [1.29, 1.82) is 0 Å². The van der Waals surface area contributed by atoms with E-state index in [-0.39, 0.29) is 0 Å². The van der Waals surface area contributed by atoms with Crippen molar-refractivity contribution in [1.82, 2.24) is 4.98 Å². The van der Waals surface area contributed by atoms with Gasteiger partial charge in [-0.2, -0.15) is 0 Å². The maximum atomic E-state index is 10.4. The van der Waals surface area contributed by atoms with Crippen LogP contribution < -0.4 is 0 Å². The van der Waals surface area contributed by atoms with Crippen LogP contribution in [0.1, 0.15) is 11.3 Å². The van der Waals surface area contributed by atoms with Crippen LogP contribution in [-0.4, -0.2) is 16.1 Å². The number of fused-ring (bicyclic) bond motifs is 1. The van der Waals surface area contributed by atoms with Crippen LogP contribution in [0.4, 0.5) is 0 Å². The third kappa shape index (κ3) is 1.95. The largest absolute Gasteiger partial charge is 0.478 e. The third-order valence-corrected chi connectivity index (χ3v) is 2.83. The van der Waals surface area contributed by atoms with Crippen molar-refractivity contribution in [3.05, 3.63) is 40.6 Å². The van der Waals surface area contributed by atoms with E-state index in [0.717, 1.165) is 28.2 Å². The van der Waals surface area contributed by atoms with Gasteiger partial charge in [0.15, 0.2) is 0 Å². The molecule has 2 N–H and O–H groups in total. The van der Waals surface area contributed by atoms with E-state index in [1.807, 2.05) is 25.1 Å². The number of nitrogens with one attached hydrogen (secondary N) is 1. The van der Waals surface area contributed by atoms with E-state index in [2.05, 4.69) is 4.98 Å². The van der Waals surface area contributed by atoms with Crippen LogP contribution in [0.3, 0.4) is 0 Å². The lowest BCUT2D eigenvalue weighted by Gasteiger charge is -1.97. The number of benzene rings is 1. The molecule has 1 aromatic heterocycles. The molecule has 4 heteroatoms. The number of H-pyrrole nitrogens is 1. The zero-order valence-electron chi connectivity index (χ0n) is 8.62. The molecule has 0 atom stereocenters. The first kappa shape index (κ1) is 10.8. The van der Waals surface area contributed by atoms with Gasteiger partial charge < -0.3 is 10.1 Å². The van der Waals surface area contributed by atoms with Gasteiger partial charge in [0.2, 0.25) is 0 Å². The van der Waals surface area contributed by atoms with E-state index in [9.17, 15) is 4.79 Å². The van der Waals surface area contributed by atoms with Crippen molar-refractivity contribution in [3.8, 4) is 0 Å². The normalized spacial score (nSPS) is 11.4. The van der Waals surface area contributed by atoms with Crippen molar-refractivity contribution >= 4 is 34.5 Å². The summed E-state index contributed by atoms with van der Waals surface area (Å²) >= 11 is 5.99. The van der Waals surface area contributed by atoms with E-state index < -0.39 is 5.97 Å². The molecule has 0 saturated carbocycles. The summed E-state index contributed by atoms with van der Waals surface area (Å²) in [5, 5.41) is 10.2. The highest BCUT2D eigenvalue weighted by Gasteiger charge is 2.04. The Labute approximate surface area is 97.4 Å². The highest BCUT2D eigenvalue weighted by molar-refractivity contribution is 6.32. The van der Waals surface area contributed by atoms with Crippen LogP contribution in [0.25, 0.3) is 17.0 Å². The summed E-state index contributed by atoms with van der Waals surface area (Å²) < 4.78 is 0. The fourth-order valence-electron chi connectivity index (χ4n) is 1.59. The molecule has 2 rings (SSSR count). The molecule has 0 aliphatic carbocycles. The third-order valence-electron chi connectivity index (χ3n) is 2.42.